The van der Waals surface area contributed by atoms with Crippen LogP contribution in [0.5, 0.6) is 0 Å². The first kappa shape index (κ1) is 14.7. The van der Waals surface area contributed by atoms with E-state index in [4.69, 9.17) is 0 Å². The maximum absolute atomic E-state index is 12.2. The molecule has 1 aromatic rings. The molecule has 0 aliphatic carbocycles. The van der Waals surface area contributed by atoms with Gasteiger partial charge in [-0.2, -0.15) is 0 Å². The summed E-state index contributed by atoms with van der Waals surface area (Å²) in [5, 5.41) is 0. The Hall–Kier alpha value is -0.350. The highest BCUT2D eigenvalue weighted by Gasteiger charge is 2.14. The Labute approximate surface area is 120 Å². The molecule has 1 unspecified atom stereocenters. The monoisotopic (exact) mass is 361 g/mol. The summed E-state index contributed by atoms with van der Waals surface area (Å²) in [7, 11) is 1.84. The summed E-state index contributed by atoms with van der Waals surface area (Å²) in [6.07, 6.45) is 0.950. The molecule has 0 spiro atoms. The third-order valence-corrected chi connectivity index (χ3v) is 3.68. The molecule has 0 N–H and O–H groups in total. The van der Waals surface area contributed by atoms with Gasteiger partial charge in [-0.05, 0) is 47.0 Å². The highest BCUT2D eigenvalue weighted by molar-refractivity contribution is 9.10. The van der Waals surface area contributed by atoms with Gasteiger partial charge < -0.3 is 4.90 Å². The Balaban J connectivity index is 2.75. The van der Waals surface area contributed by atoms with Gasteiger partial charge in [0.25, 0.3) is 5.91 Å². The molecule has 0 fully saturated rings. The molecule has 4 heteroatoms. The second-order valence-electron chi connectivity index (χ2n) is 4.28. The minimum absolute atomic E-state index is 0.0602. The molecular weight excluding hydrogens is 346 g/mol. The third kappa shape index (κ3) is 4.43. The fraction of sp³-hybridized carbons (Fsp3) is 0.462. The number of nitrogens with zero attached hydrogens (tertiary/aromatic N) is 1. The van der Waals surface area contributed by atoms with Crippen molar-refractivity contribution in [2.75, 3.05) is 13.6 Å². The number of alkyl halides is 1. The molecule has 0 aliphatic heterocycles. The lowest BCUT2D eigenvalue weighted by molar-refractivity contribution is 0.0793. The lowest BCUT2D eigenvalue weighted by Gasteiger charge is -2.18. The number of aryl methyl sites for hydroxylation is 1. The summed E-state index contributed by atoms with van der Waals surface area (Å²) in [4.78, 5) is 14.4. The first-order valence-electron chi connectivity index (χ1n) is 5.57. The van der Waals surface area contributed by atoms with Crippen LogP contribution in [-0.2, 0) is 0 Å². The van der Waals surface area contributed by atoms with Crippen LogP contribution in [0.1, 0.15) is 29.3 Å². The van der Waals surface area contributed by atoms with E-state index in [0.29, 0.717) is 4.83 Å². The van der Waals surface area contributed by atoms with E-state index >= 15 is 0 Å². The van der Waals surface area contributed by atoms with Crippen LogP contribution >= 0.6 is 31.9 Å². The average molecular weight is 363 g/mol. The van der Waals surface area contributed by atoms with Gasteiger partial charge in [-0.15, -0.1) is 0 Å². The Kier molecular flexibility index (Phi) is 5.67. The molecule has 2 nitrogen and oxygen atoms in total. The predicted molar refractivity (Wildman–Crippen MR) is 78.8 cm³/mol. The predicted octanol–water partition coefficient (Wildman–Crippen LogP) is 4.00. The van der Waals surface area contributed by atoms with Crippen molar-refractivity contribution in [3.05, 3.63) is 33.8 Å². The average Bonchev–Trinajstić information content (AvgIpc) is 2.25. The quantitative estimate of drug-likeness (QED) is 0.741. The van der Waals surface area contributed by atoms with Gasteiger partial charge in [0.1, 0.15) is 0 Å². The standard InChI is InChI=1S/C13H17Br2NO/c1-9-4-5-11(12(15)8-9)13(17)16(3)7-6-10(2)14/h4-5,8,10H,6-7H2,1-3H3. The second kappa shape index (κ2) is 6.55. The van der Waals surface area contributed by atoms with Gasteiger partial charge in [-0.1, -0.05) is 28.9 Å². The maximum atomic E-state index is 12.2. The van der Waals surface area contributed by atoms with Crippen molar-refractivity contribution in [3.8, 4) is 0 Å². The van der Waals surface area contributed by atoms with E-state index in [1.54, 1.807) is 4.90 Å². The zero-order valence-electron chi connectivity index (χ0n) is 10.3. The molecule has 0 radical (unpaired) electrons. The molecule has 17 heavy (non-hydrogen) atoms. The van der Waals surface area contributed by atoms with Crippen molar-refractivity contribution in [3.63, 3.8) is 0 Å². The highest BCUT2D eigenvalue weighted by Crippen LogP contribution is 2.20. The van der Waals surface area contributed by atoms with E-state index in [2.05, 4.69) is 38.8 Å². The second-order valence-corrected chi connectivity index (χ2v) is 6.70. The Morgan fingerprint density at radius 3 is 2.65 bits per heavy atom. The van der Waals surface area contributed by atoms with Crippen molar-refractivity contribution < 1.29 is 4.79 Å². The van der Waals surface area contributed by atoms with Crippen LogP contribution in [0.2, 0.25) is 0 Å². The minimum Gasteiger partial charge on any atom is -0.342 e. The summed E-state index contributed by atoms with van der Waals surface area (Å²) in [6.45, 7) is 4.85. The van der Waals surface area contributed by atoms with Crippen LogP contribution in [0, 0.1) is 6.92 Å². The molecule has 1 rings (SSSR count). The molecule has 0 saturated carbocycles. The van der Waals surface area contributed by atoms with Crippen LogP contribution in [0.4, 0.5) is 0 Å². The first-order valence-corrected chi connectivity index (χ1v) is 7.28. The van der Waals surface area contributed by atoms with Crippen LogP contribution in [0.25, 0.3) is 0 Å². The van der Waals surface area contributed by atoms with Crippen molar-refractivity contribution in [2.24, 2.45) is 0 Å². The number of benzene rings is 1. The minimum atomic E-state index is 0.0602. The van der Waals surface area contributed by atoms with Gasteiger partial charge in [0.2, 0.25) is 0 Å². The number of hydrogen-bond acceptors (Lipinski definition) is 1. The number of halogens is 2. The lowest BCUT2D eigenvalue weighted by Crippen LogP contribution is -2.29. The number of carbonyl (C=O) groups excluding carboxylic acids is 1. The van der Waals surface area contributed by atoms with E-state index in [0.717, 1.165) is 28.6 Å². The zero-order valence-corrected chi connectivity index (χ0v) is 13.5. The lowest BCUT2D eigenvalue weighted by atomic mass is 10.1. The van der Waals surface area contributed by atoms with Crippen LogP contribution < -0.4 is 0 Å². The third-order valence-electron chi connectivity index (χ3n) is 2.56. The number of amides is 1. The molecule has 0 heterocycles. The molecule has 1 atom stereocenters. The molecule has 0 bridgehead atoms. The normalized spacial score (nSPS) is 12.3. The van der Waals surface area contributed by atoms with Crippen molar-refractivity contribution >= 4 is 37.8 Å². The number of rotatable bonds is 4. The van der Waals surface area contributed by atoms with E-state index in [-0.39, 0.29) is 5.91 Å². The van der Waals surface area contributed by atoms with Crippen molar-refractivity contribution in [1.29, 1.82) is 0 Å². The Bertz CT molecular complexity index is 404. The van der Waals surface area contributed by atoms with Gasteiger partial charge >= 0.3 is 0 Å². The topological polar surface area (TPSA) is 20.3 Å². The van der Waals surface area contributed by atoms with Crippen LogP contribution in [0.3, 0.4) is 0 Å². The Morgan fingerprint density at radius 2 is 2.12 bits per heavy atom. The molecule has 0 aliphatic rings. The van der Waals surface area contributed by atoms with E-state index < -0.39 is 0 Å². The summed E-state index contributed by atoms with van der Waals surface area (Å²) in [5.41, 5.74) is 1.87. The number of carbonyl (C=O) groups is 1. The fourth-order valence-corrected chi connectivity index (χ4v) is 2.34. The van der Waals surface area contributed by atoms with Gasteiger partial charge in [0.15, 0.2) is 0 Å². The van der Waals surface area contributed by atoms with E-state index in [9.17, 15) is 4.79 Å². The van der Waals surface area contributed by atoms with Gasteiger partial charge in [-0.3, -0.25) is 4.79 Å². The summed E-state index contributed by atoms with van der Waals surface area (Å²) in [6, 6.07) is 5.79. The summed E-state index contributed by atoms with van der Waals surface area (Å²) >= 11 is 6.92. The first-order chi connectivity index (χ1) is 7.91. The largest absolute Gasteiger partial charge is 0.342 e. The number of hydrogen-bond donors (Lipinski definition) is 0. The molecule has 0 aromatic heterocycles. The summed E-state index contributed by atoms with van der Waals surface area (Å²) in [5.74, 6) is 0.0602. The smallest absolute Gasteiger partial charge is 0.254 e. The van der Waals surface area contributed by atoms with Gasteiger partial charge in [0.05, 0.1) is 5.56 Å². The SMILES string of the molecule is Cc1ccc(C(=O)N(C)CCC(C)Br)c(Br)c1. The van der Waals surface area contributed by atoms with Crippen LogP contribution in [-0.4, -0.2) is 29.2 Å². The van der Waals surface area contributed by atoms with Crippen molar-refractivity contribution in [1.82, 2.24) is 4.90 Å². The van der Waals surface area contributed by atoms with Gasteiger partial charge in [0, 0.05) is 22.9 Å². The zero-order chi connectivity index (χ0) is 13.0. The molecule has 1 aromatic carbocycles. The fourth-order valence-electron chi connectivity index (χ4n) is 1.47. The van der Waals surface area contributed by atoms with E-state index in [1.165, 1.54) is 0 Å². The maximum Gasteiger partial charge on any atom is 0.254 e. The molecular formula is C13H17Br2NO. The molecule has 94 valence electrons. The molecule has 1 amide bonds. The summed E-state index contributed by atoms with van der Waals surface area (Å²) < 4.78 is 0.862. The van der Waals surface area contributed by atoms with Crippen molar-refractivity contribution in [2.45, 2.75) is 25.1 Å². The highest BCUT2D eigenvalue weighted by atomic mass is 79.9. The molecule has 0 saturated heterocycles. The van der Waals surface area contributed by atoms with Gasteiger partial charge in [-0.25, -0.2) is 0 Å². The Morgan fingerprint density at radius 1 is 1.47 bits per heavy atom. The van der Waals surface area contributed by atoms with E-state index in [1.807, 2.05) is 32.2 Å². The van der Waals surface area contributed by atoms with Crippen LogP contribution in [0.15, 0.2) is 22.7 Å².